The molecule has 0 amide bonds. The van der Waals surface area contributed by atoms with Gasteiger partial charge in [0.05, 0.1) is 51.1 Å². The normalized spacial score (nSPS) is 11.9. The molecule has 0 aliphatic heterocycles. The predicted molar refractivity (Wildman–Crippen MR) is 178 cm³/mol. The summed E-state index contributed by atoms with van der Waals surface area (Å²) in [6.45, 7) is 5.00. The molecule has 0 aromatic carbocycles. The number of rotatable bonds is 18. The van der Waals surface area contributed by atoms with Crippen LogP contribution < -0.4 is 34.1 Å². The number of carbonyl (C=O) groups excluding carboxylic acids is 3. The lowest BCUT2D eigenvalue weighted by atomic mass is 10.1. The number of aromatic nitrogens is 6. The van der Waals surface area contributed by atoms with Crippen molar-refractivity contribution in [2.45, 2.75) is 111 Å². The second-order valence-corrected chi connectivity index (χ2v) is 12.9. The first-order chi connectivity index (χ1) is 23.7. The van der Waals surface area contributed by atoms with Crippen molar-refractivity contribution in [1.82, 2.24) is 27.4 Å². The number of aliphatic hydroxyl groups is 2. The minimum absolute atomic E-state index is 0.0375. The number of carbonyl (C=O) groups is 3. The van der Waals surface area contributed by atoms with Gasteiger partial charge in [0.2, 0.25) is 0 Å². The summed E-state index contributed by atoms with van der Waals surface area (Å²) < 4.78 is 18.9. The number of aliphatic hydroxyl groups excluding tert-OH is 1. The number of hydrogen-bond donors (Lipinski definition) is 2. The fourth-order valence-electron chi connectivity index (χ4n) is 4.58. The molecule has 0 saturated heterocycles. The molecule has 2 aromatic heterocycles. The minimum atomic E-state index is -1.53. The average molecular weight is 727 g/mol. The van der Waals surface area contributed by atoms with Gasteiger partial charge in [0.25, 0.3) is 0 Å². The van der Waals surface area contributed by atoms with E-state index in [2.05, 4.69) is 0 Å². The van der Waals surface area contributed by atoms with E-state index in [0.717, 1.165) is 0 Å². The molecule has 0 unspecified atom stereocenters. The van der Waals surface area contributed by atoms with Gasteiger partial charge in [-0.2, -0.15) is 0 Å². The molecule has 0 bridgehead atoms. The van der Waals surface area contributed by atoms with E-state index < -0.39 is 135 Å². The summed E-state index contributed by atoms with van der Waals surface area (Å²) in [5.41, 5.74) is -9.00. The third kappa shape index (κ3) is 12.3. The number of nitrogens with zero attached hydrogens (tertiary/aromatic N) is 6. The van der Waals surface area contributed by atoms with Crippen molar-refractivity contribution in [3.05, 3.63) is 75.1 Å². The van der Waals surface area contributed by atoms with Gasteiger partial charge in [0, 0.05) is 19.6 Å². The highest BCUT2D eigenvalue weighted by atomic mass is 16.6. The zero-order chi connectivity index (χ0) is 38.7. The van der Waals surface area contributed by atoms with Crippen LogP contribution in [-0.2, 0) is 67.9 Å². The summed E-state index contributed by atoms with van der Waals surface area (Å²) in [6, 6.07) is 0. The molecular formula is C31H46N6O14. The standard InChI is InChI=1S/C31H46N6O14/c1-7-8-18-49-21(39)9-12-32-24(42)33(26(44)34(25(32)43)14-11-23(41)51-30(2,3)4)13-10-22(40)50-19-16-36-27(45)35(15-17-38)28(46)37(29(36)47)20-31(5,6)48/h7-8,38,48H,9-20H2,1-6H3/b8-7+. The molecule has 0 atom stereocenters. The molecule has 20 nitrogen and oxygen atoms in total. The Labute approximate surface area is 290 Å². The van der Waals surface area contributed by atoms with Crippen molar-refractivity contribution in [2.24, 2.45) is 0 Å². The average Bonchev–Trinajstić information content (AvgIpc) is 3.01. The molecule has 0 fully saturated rings. The van der Waals surface area contributed by atoms with Crippen molar-refractivity contribution >= 4 is 17.9 Å². The van der Waals surface area contributed by atoms with E-state index in [1.165, 1.54) is 13.8 Å². The maximum absolute atomic E-state index is 13.3. The Morgan fingerprint density at radius 2 is 1.00 bits per heavy atom. The molecular weight excluding hydrogens is 680 g/mol. The van der Waals surface area contributed by atoms with E-state index in [9.17, 15) is 53.4 Å². The molecule has 0 aliphatic carbocycles. The van der Waals surface area contributed by atoms with Gasteiger partial charge in [-0.3, -0.25) is 14.4 Å². The maximum Gasteiger partial charge on any atom is 0.336 e. The van der Waals surface area contributed by atoms with E-state index in [1.54, 1.807) is 39.8 Å². The molecule has 0 radical (unpaired) electrons. The number of hydrogen-bond acceptors (Lipinski definition) is 14. The van der Waals surface area contributed by atoms with Crippen molar-refractivity contribution in [3.63, 3.8) is 0 Å². The molecule has 0 saturated carbocycles. The lowest BCUT2D eigenvalue weighted by Crippen LogP contribution is -2.56. The number of esters is 3. The zero-order valence-corrected chi connectivity index (χ0v) is 29.6. The second kappa shape index (κ2) is 18.2. The van der Waals surface area contributed by atoms with Crippen molar-refractivity contribution < 1.29 is 38.8 Å². The summed E-state index contributed by atoms with van der Waals surface area (Å²) >= 11 is 0. The van der Waals surface area contributed by atoms with Gasteiger partial charge in [0.1, 0.15) is 18.8 Å². The van der Waals surface area contributed by atoms with Gasteiger partial charge in [-0.1, -0.05) is 12.2 Å². The van der Waals surface area contributed by atoms with Crippen LogP contribution in [0.1, 0.15) is 60.8 Å². The van der Waals surface area contributed by atoms with E-state index in [-0.39, 0.29) is 6.61 Å². The third-order valence-electron chi connectivity index (χ3n) is 6.83. The van der Waals surface area contributed by atoms with Gasteiger partial charge in [0.15, 0.2) is 0 Å². The highest BCUT2D eigenvalue weighted by molar-refractivity contribution is 5.70. The second-order valence-electron chi connectivity index (χ2n) is 12.9. The van der Waals surface area contributed by atoms with Crippen LogP contribution in [0.25, 0.3) is 0 Å². The third-order valence-corrected chi connectivity index (χ3v) is 6.83. The molecule has 0 spiro atoms. The number of ether oxygens (including phenoxy) is 3. The van der Waals surface area contributed by atoms with E-state index >= 15 is 0 Å². The Kier molecular flexibility index (Phi) is 15.0. The molecule has 284 valence electrons. The topological polar surface area (TPSA) is 251 Å². The smallest absolute Gasteiger partial charge is 0.336 e. The summed E-state index contributed by atoms with van der Waals surface area (Å²) in [5.74, 6) is -2.45. The first-order valence-electron chi connectivity index (χ1n) is 16.1. The van der Waals surface area contributed by atoms with E-state index in [0.29, 0.717) is 27.4 Å². The summed E-state index contributed by atoms with van der Waals surface area (Å²) in [4.78, 5) is 115. The Bertz CT molecular complexity index is 1960. The lowest BCUT2D eigenvalue weighted by molar-refractivity contribution is -0.155. The predicted octanol–water partition coefficient (Wildman–Crippen LogP) is -2.71. The van der Waals surface area contributed by atoms with Crippen LogP contribution >= 0.6 is 0 Å². The summed E-state index contributed by atoms with van der Waals surface area (Å²) in [5, 5.41) is 19.5. The molecule has 2 N–H and O–H groups in total. The highest BCUT2D eigenvalue weighted by Gasteiger charge is 2.23. The van der Waals surface area contributed by atoms with Crippen LogP contribution in [0.2, 0.25) is 0 Å². The van der Waals surface area contributed by atoms with E-state index in [1.807, 2.05) is 0 Å². The Hall–Kier alpha value is -5.11. The minimum Gasteiger partial charge on any atom is -0.464 e. The molecule has 0 aliphatic rings. The summed E-state index contributed by atoms with van der Waals surface area (Å²) in [7, 11) is 0. The van der Waals surface area contributed by atoms with Crippen LogP contribution in [0.15, 0.2) is 40.9 Å². The number of allylic oxidation sites excluding steroid dienone is 1. The van der Waals surface area contributed by atoms with Crippen molar-refractivity contribution in [3.8, 4) is 0 Å². The Balaban J connectivity index is 2.32. The first-order valence-corrected chi connectivity index (χ1v) is 16.1. The molecule has 2 rings (SSSR count). The first kappa shape index (κ1) is 42.1. The van der Waals surface area contributed by atoms with Crippen LogP contribution in [0.3, 0.4) is 0 Å². The molecule has 51 heavy (non-hydrogen) atoms. The fraction of sp³-hybridized carbons (Fsp3) is 0.645. The summed E-state index contributed by atoms with van der Waals surface area (Å²) in [6.07, 6.45) is 1.78. The maximum atomic E-state index is 13.3. The van der Waals surface area contributed by atoms with Crippen LogP contribution in [0.4, 0.5) is 0 Å². The van der Waals surface area contributed by atoms with Crippen LogP contribution in [-0.4, -0.2) is 86.5 Å². The van der Waals surface area contributed by atoms with Crippen LogP contribution in [0.5, 0.6) is 0 Å². The van der Waals surface area contributed by atoms with Gasteiger partial charge in [-0.05, 0) is 41.5 Å². The lowest BCUT2D eigenvalue weighted by Gasteiger charge is -2.20. The van der Waals surface area contributed by atoms with Gasteiger partial charge >= 0.3 is 52.0 Å². The van der Waals surface area contributed by atoms with Crippen molar-refractivity contribution in [1.29, 1.82) is 0 Å². The Morgan fingerprint density at radius 3 is 1.41 bits per heavy atom. The van der Waals surface area contributed by atoms with Gasteiger partial charge in [-0.25, -0.2) is 56.2 Å². The van der Waals surface area contributed by atoms with E-state index in [4.69, 9.17) is 14.2 Å². The largest absolute Gasteiger partial charge is 0.464 e. The zero-order valence-electron chi connectivity index (χ0n) is 29.6. The molecule has 2 aromatic rings. The Morgan fingerprint density at radius 1 is 0.608 bits per heavy atom. The van der Waals surface area contributed by atoms with Crippen LogP contribution in [0, 0.1) is 0 Å². The molecule has 20 heteroatoms. The quantitative estimate of drug-likeness (QED) is 0.0901. The highest BCUT2D eigenvalue weighted by Crippen LogP contribution is 2.08. The molecule has 2 heterocycles. The van der Waals surface area contributed by atoms with Gasteiger partial charge in [-0.15, -0.1) is 0 Å². The van der Waals surface area contributed by atoms with Crippen molar-refractivity contribution in [2.75, 3.05) is 19.8 Å². The SMILES string of the molecule is C/C=C/COC(=O)CCn1c(=O)n(CCC(=O)OCCn2c(=O)n(CCO)c(=O)n(CC(C)(C)O)c2=O)c(=O)n(CCC(=O)OC(C)(C)C)c1=O. The monoisotopic (exact) mass is 726 g/mol. The fourth-order valence-corrected chi connectivity index (χ4v) is 4.58. The van der Waals surface area contributed by atoms with Gasteiger partial charge < -0.3 is 24.4 Å².